The molecule has 0 saturated carbocycles. The number of nitrogen functional groups attached to an aromatic ring is 1. The predicted molar refractivity (Wildman–Crippen MR) is 57.5 cm³/mol. The molecule has 1 fully saturated rings. The van der Waals surface area contributed by atoms with Crippen molar-refractivity contribution in [1.82, 2.24) is 9.97 Å². The van der Waals surface area contributed by atoms with Crippen molar-refractivity contribution in [2.75, 3.05) is 36.6 Å². The molecule has 15 heavy (non-hydrogen) atoms. The normalized spacial score (nSPS) is 17.3. The second-order valence-corrected chi connectivity index (χ2v) is 3.36. The minimum atomic E-state index is 0.630. The molecule has 0 amide bonds. The van der Waals surface area contributed by atoms with E-state index < -0.39 is 0 Å². The Balaban J connectivity index is 2.12. The lowest BCUT2D eigenvalue weighted by Gasteiger charge is -2.20. The molecule has 0 unspecified atom stereocenters. The third kappa shape index (κ3) is 2.54. The third-order valence-electron chi connectivity index (χ3n) is 2.35. The van der Waals surface area contributed by atoms with Crippen molar-refractivity contribution in [1.29, 1.82) is 0 Å². The van der Waals surface area contributed by atoms with Crippen molar-refractivity contribution < 1.29 is 4.74 Å². The molecule has 6 nitrogen and oxygen atoms in total. The highest BCUT2D eigenvalue weighted by molar-refractivity contribution is 5.47. The molecule has 0 bridgehead atoms. The summed E-state index contributed by atoms with van der Waals surface area (Å²) in [6.07, 6.45) is 2.53. The topological polar surface area (TPSA) is 76.3 Å². The number of anilines is 2. The number of hydrazine groups is 1. The predicted octanol–water partition coefficient (Wildman–Crippen LogP) is -0.0111. The van der Waals surface area contributed by atoms with Gasteiger partial charge in [-0.15, -0.1) is 0 Å². The largest absolute Gasteiger partial charge is 0.380 e. The summed E-state index contributed by atoms with van der Waals surface area (Å²) < 4.78 is 5.38. The monoisotopic (exact) mass is 209 g/mol. The van der Waals surface area contributed by atoms with Gasteiger partial charge in [0.1, 0.15) is 18.0 Å². The molecule has 6 heteroatoms. The Labute approximate surface area is 88.4 Å². The number of nitrogens with two attached hydrogens (primary N) is 1. The lowest BCUT2D eigenvalue weighted by Crippen LogP contribution is -2.27. The van der Waals surface area contributed by atoms with Crippen LogP contribution < -0.4 is 16.2 Å². The fourth-order valence-electron chi connectivity index (χ4n) is 1.57. The molecule has 0 aliphatic carbocycles. The van der Waals surface area contributed by atoms with Crippen molar-refractivity contribution in [3.8, 4) is 0 Å². The Morgan fingerprint density at radius 2 is 2.27 bits per heavy atom. The second kappa shape index (κ2) is 4.90. The van der Waals surface area contributed by atoms with E-state index in [2.05, 4.69) is 20.3 Å². The van der Waals surface area contributed by atoms with E-state index in [1.165, 1.54) is 6.33 Å². The Morgan fingerprint density at radius 1 is 1.33 bits per heavy atom. The smallest absolute Gasteiger partial charge is 0.145 e. The second-order valence-electron chi connectivity index (χ2n) is 3.36. The zero-order valence-corrected chi connectivity index (χ0v) is 8.52. The first kappa shape index (κ1) is 10.1. The molecule has 82 valence electrons. The standard InChI is InChI=1S/C9H15N5O/c10-13-8-6-9(12-7-11-8)14-2-1-4-15-5-3-14/h6-7H,1-5,10H2,(H,11,12,13). The van der Waals surface area contributed by atoms with E-state index in [-0.39, 0.29) is 0 Å². The molecule has 0 spiro atoms. The van der Waals surface area contributed by atoms with E-state index >= 15 is 0 Å². The first-order chi connectivity index (χ1) is 7.40. The minimum absolute atomic E-state index is 0.630. The molecular formula is C9H15N5O. The highest BCUT2D eigenvalue weighted by Crippen LogP contribution is 2.14. The summed E-state index contributed by atoms with van der Waals surface area (Å²) in [6.45, 7) is 3.39. The quantitative estimate of drug-likeness (QED) is 0.527. The summed E-state index contributed by atoms with van der Waals surface area (Å²) in [5, 5.41) is 0. The van der Waals surface area contributed by atoms with Crippen molar-refractivity contribution >= 4 is 11.6 Å². The van der Waals surface area contributed by atoms with Gasteiger partial charge < -0.3 is 15.1 Å². The number of aromatic nitrogens is 2. The number of hydrogen-bond donors (Lipinski definition) is 2. The fourth-order valence-corrected chi connectivity index (χ4v) is 1.57. The molecule has 1 aliphatic heterocycles. The lowest BCUT2D eigenvalue weighted by atomic mass is 10.4. The molecule has 1 saturated heterocycles. The summed E-state index contributed by atoms with van der Waals surface area (Å²) in [5.74, 6) is 6.82. The van der Waals surface area contributed by atoms with Crippen molar-refractivity contribution in [2.45, 2.75) is 6.42 Å². The van der Waals surface area contributed by atoms with Crippen LogP contribution in [-0.2, 0) is 4.74 Å². The van der Waals surface area contributed by atoms with Crippen LogP contribution in [0.1, 0.15) is 6.42 Å². The van der Waals surface area contributed by atoms with Crippen molar-refractivity contribution in [2.24, 2.45) is 5.84 Å². The molecular weight excluding hydrogens is 194 g/mol. The van der Waals surface area contributed by atoms with E-state index in [4.69, 9.17) is 10.6 Å². The van der Waals surface area contributed by atoms with Gasteiger partial charge in [0.25, 0.3) is 0 Å². The fraction of sp³-hybridized carbons (Fsp3) is 0.556. The SMILES string of the molecule is NNc1cc(N2CCCOCC2)ncn1. The van der Waals surface area contributed by atoms with E-state index in [0.29, 0.717) is 5.82 Å². The molecule has 1 aromatic heterocycles. The molecule has 3 N–H and O–H groups in total. The summed E-state index contributed by atoms with van der Waals surface area (Å²) in [7, 11) is 0. The van der Waals surface area contributed by atoms with E-state index in [0.717, 1.165) is 38.5 Å². The van der Waals surface area contributed by atoms with Gasteiger partial charge in [0.05, 0.1) is 6.61 Å². The van der Waals surface area contributed by atoms with Crippen LogP contribution in [0.3, 0.4) is 0 Å². The van der Waals surface area contributed by atoms with Crippen LogP contribution >= 0.6 is 0 Å². The highest BCUT2D eigenvalue weighted by atomic mass is 16.5. The van der Waals surface area contributed by atoms with Crippen LogP contribution in [0.4, 0.5) is 11.6 Å². The average molecular weight is 209 g/mol. The molecule has 2 heterocycles. The summed E-state index contributed by atoms with van der Waals surface area (Å²) in [5.41, 5.74) is 2.51. The molecule has 0 radical (unpaired) electrons. The van der Waals surface area contributed by atoms with Gasteiger partial charge in [-0.1, -0.05) is 0 Å². The third-order valence-corrected chi connectivity index (χ3v) is 2.35. The van der Waals surface area contributed by atoms with Crippen LogP contribution in [0.25, 0.3) is 0 Å². The lowest BCUT2D eigenvalue weighted by molar-refractivity contribution is 0.152. The van der Waals surface area contributed by atoms with Gasteiger partial charge in [0.15, 0.2) is 0 Å². The van der Waals surface area contributed by atoms with Crippen molar-refractivity contribution in [3.63, 3.8) is 0 Å². The summed E-state index contributed by atoms with van der Waals surface area (Å²) in [4.78, 5) is 10.4. The summed E-state index contributed by atoms with van der Waals surface area (Å²) in [6, 6.07) is 1.84. The maximum Gasteiger partial charge on any atom is 0.145 e. The number of rotatable bonds is 2. The van der Waals surface area contributed by atoms with Gasteiger partial charge in [-0.05, 0) is 6.42 Å². The Bertz CT molecular complexity index is 311. The first-order valence-corrected chi connectivity index (χ1v) is 5.01. The number of nitrogens with zero attached hydrogens (tertiary/aromatic N) is 3. The van der Waals surface area contributed by atoms with Gasteiger partial charge >= 0.3 is 0 Å². The van der Waals surface area contributed by atoms with E-state index in [1.807, 2.05) is 6.07 Å². The zero-order chi connectivity index (χ0) is 10.5. The van der Waals surface area contributed by atoms with Crippen LogP contribution in [0.2, 0.25) is 0 Å². The number of hydrogen-bond acceptors (Lipinski definition) is 6. The van der Waals surface area contributed by atoms with Gasteiger partial charge in [0, 0.05) is 25.8 Å². The van der Waals surface area contributed by atoms with Gasteiger partial charge in [-0.2, -0.15) is 0 Å². The maximum absolute atomic E-state index is 5.38. The Morgan fingerprint density at radius 3 is 3.13 bits per heavy atom. The van der Waals surface area contributed by atoms with Gasteiger partial charge in [0.2, 0.25) is 0 Å². The van der Waals surface area contributed by atoms with Crippen LogP contribution in [0, 0.1) is 0 Å². The highest BCUT2D eigenvalue weighted by Gasteiger charge is 2.11. The summed E-state index contributed by atoms with van der Waals surface area (Å²) >= 11 is 0. The zero-order valence-electron chi connectivity index (χ0n) is 8.52. The van der Waals surface area contributed by atoms with Gasteiger partial charge in [-0.3, -0.25) is 0 Å². The average Bonchev–Trinajstić information content (AvgIpc) is 2.58. The number of nitrogens with one attached hydrogen (secondary N) is 1. The minimum Gasteiger partial charge on any atom is -0.380 e. The molecule has 0 atom stereocenters. The molecule has 0 aromatic carbocycles. The van der Waals surface area contributed by atoms with E-state index in [9.17, 15) is 0 Å². The van der Waals surface area contributed by atoms with Crippen LogP contribution in [-0.4, -0.2) is 36.3 Å². The molecule has 2 rings (SSSR count). The van der Waals surface area contributed by atoms with Crippen LogP contribution in [0.15, 0.2) is 12.4 Å². The molecule has 1 aromatic rings. The maximum atomic E-state index is 5.38. The Hall–Kier alpha value is -1.40. The first-order valence-electron chi connectivity index (χ1n) is 5.01. The van der Waals surface area contributed by atoms with Crippen LogP contribution in [0.5, 0.6) is 0 Å². The van der Waals surface area contributed by atoms with E-state index in [1.54, 1.807) is 0 Å². The Kier molecular flexibility index (Phi) is 3.31. The molecule has 1 aliphatic rings. The van der Waals surface area contributed by atoms with Crippen molar-refractivity contribution in [3.05, 3.63) is 12.4 Å². The number of ether oxygens (including phenoxy) is 1. The van der Waals surface area contributed by atoms with Gasteiger partial charge in [-0.25, -0.2) is 15.8 Å².